The normalized spacial score (nSPS) is 10.7. The summed E-state index contributed by atoms with van der Waals surface area (Å²) in [6.45, 7) is 6.38. The van der Waals surface area contributed by atoms with Crippen molar-refractivity contribution in [3.63, 3.8) is 0 Å². The van der Waals surface area contributed by atoms with Crippen molar-refractivity contribution in [2.75, 3.05) is 0 Å². The first-order valence-corrected chi connectivity index (χ1v) is 6.85. The van der Waals surface area contributed by atoms with Crippen molar-refractivity contribution < 1.29 is 13.9 Å². The Labute approximate surface area is 124 Å². The van der Waals surface area contributed by atoms with Crippen LogP contribution in [-0.2, 0) is 6.61 Å². The van der Waals surface area contributed by atoms with Crippen LogP contribution in [0, 0.1) is 6.92 Å². The number of hydrazine groups is 1. The molecular weight excluding hydrogens is 268 g/mol. The summed E-state index contributed by atoms with van der Waals surface area (Å²) >= 11 is 0. The van der Waals surface area contributed by atoms with Crippen molar-refractivity contribution >= 4 is 5.91 Å². The molecule has 0 radical (unpaired) electrons. The number of furan rings is 1. The number of aryl methyl sites for hydroxylation is 1. The second-order valence-corrected chi connectivity index (χ2v) is 5.15. The van der Waals surface area contributed by atoms with Crippen LogP contribution in [0.25, 0.3) is 0 Å². The number of nitrogen functional groups attached to an aromatic ring is 1. The summed E-state index contributed by atoms with van der Waals surface area (Å²) in [4.78, 5) is 11.4. The predicted octanol–water partition coefficient (Wildman–Crippen LogP) is 2.89. The number of hydrogen-bond acceptors (Lipinski definition) is 4. The van der Waals surface area contributed by atoms with Crippen molar-refractivity contribution in [2.45, 2.75) is 33.3 Å². The van der Waals surface area contributed by atoms with Gasteiger partial charge >= 0.3 is 5.91 Å². The Morgan fingerprint density at radius 1 is 1.38 bits per heavy atom. The maximum Gasteiger partial charge on any atom is 0.300 e. The maximum atomic E-state index is 11.4. The average Bonchev–Trinajstić information content (AvgIpc) is 2.85. The van der Waals surface area contributed by atoms with Gasteiger partial charge in [-0.05, 0) is 30.5 Å². The highest BCUT2D eigenvalue weighted by Crippen LogP contribution is 2.27. The molecule has 0 fully saturated rings. The van der Waals surface area contributed by atoms with E-state index in [1.807, 2.05) is 23.6 Å². The standard InChI is InChI=1S/C16H20N2O3/c1-10(2)13-6-4-5-7-14(13)20-9-12-8-15(16(19)18-17)21-11(12)3/h4-8,10H,9,17H2,1-3H3,(H,18,19). The molecule has 0 saturated heterocycles. The molecule has 1 aromatic heterocycles. The number of para-hydroxylation sites is 1. The largest absolute Gasteiger partial charge is 0.488 e. The van der Waals surface area contributed by atoms with E-state index in [1.54, 1.807) is 13.0 Å². The molecule has 0 unspecified atom stereocenters. The van der Waals surface area contributed by atoms with Crippen LogP contribution in [0.4, 0.5) is 0 Å². The molecule has 0 aliphatic rings. The molecule has 1 amide bonds. The highest BCUT2D eigenvalue weighted by Gasteiger charge is 2.14. The highest BCUT2D eigenvalue weighted by atomic mass is 16.5. The lowest BCUT2D eigenvalue weighted by Crippen LogP contribution is -2.29. The van der Waals surface area contributed by atoms with Crippen LogP contribution in [0.2, 0.25) is 0 Å². The van der Waals surface area contributed by atoms with Gasteiger partial charge in [0.2, 0.25) is 0 Å². The lowest BCUT2D eigenvalue weighted by atomic mass is 10.0. The number of carbonyl (C=O) groups excluding carboxylic acids is 1. The van der Waals surface area contributed by atoms with Crippen molar-refractivity contribution in [1.82, 2.24) is 5.43 Å². The number of carbonyl (C=O) groups is 1. The molecule has 0 bridgehead atoms. The Kier molecular flexibility index (Phi) is 4.65. The Balaban J connectivity index is 2.14. The lowest BCUT2D eigenvalue weighted by molar-refractivity contribution is 0.0924. The lowest BCUT2D eigenvalue weighted by Gasteiger charge is -2.13. The monoisotopic (exact) mass is 288 g/mol. The minimum atomic E-state index is -0.452. The van der Waals surface area contributed by atoms with E-state index < -0.39 is 5.91 Å². The summed E-state index contributed by atoms with van der Waals surface area (Å²) in [5.41, 5.74) is 4.02. The van der Waals surface area contributed by atoms with Gasteiger partial charge < -0.3 is 9.15 Å². The third-order valence-electron chi connectivity index (χ3n) is 3.30. The molecule has 0 atom stereocenters. The third-order valence-corrected chi connectivity index (χ3v) is 3.30. The van der Waals surface area contributed by atoms with Crippen LogP contribution in [0.1, 0.15) is 47.2 Å². The van der Waals surface area contributed by atoms with Gasteiger partial charge in [0.1, 0.15) is 18.1 Å². The van der Waals surface area contributed by atoms with Crippen molar-refractivity contribution in [2.24, 2.45) is 5.84 Å². The number of rotatable bonds is 5. The van der Waals surface area contributed by atoms with Gasteiger partial charge in [-0.15, -0.1) is 0 Å². The smallest absolute Gasteiger partial charge is 0.300 e. The quantitative estimate of drug-likeness (QED) is 0.504. The predicted molar refractivity (Wildman–Crippen MR) is 80.0 cm³/mol. The minimum absolute atomic E-state index is 0.186. The highest BCUT2D eigenvalue weighted by molar-refractivity contribution is 5.91. The summed E-state index contributed by atoms with van der Waals surface area (Å²) in [5.74, 6) is 6.70. The number of benzene rings is 1. The van der Waals surface area contributed by atoms with E-state index in [1.165, 1.54) is 0 Å². The van der Waals surface area contributed by atoms with E-state index in [2.05, 4.69) is 19.9 Å². The zero-order valence-electron chi connectivity index (χ0n) is 12.5. The fourth-order valence-electron chi connectivity index (χ4n) is 2.09. The van der Waals surface area contributed by atoms with Gasteiger partial charge in [-0.2, -0.15) is 0 Å². The van der Waals surface area contributed by atoms with E-state index >= 15 is 0 Å². The molecule has 5 nitrogen and oxygen atoms in total. The van der Waals surface area contributed by atoms with Crippen LogP contribution >= 0.6 is 0 Å². The van der Waals surface area contributed by atoms with Gasteiger partial charge in [0.25, 0.3) is 0 Å². The molecule has 0 spiro atoms. The summed E-state index contributed by atoms with van der Waals surface area (Å²) < 4.78 is 11.2. The van der Waals surface area contributed by atoms with Crippen LogP contribution < -0.4 is 16.0 Å². The molecule has 21 heavy (non-hydrogen) atoms. The van der Waals surface area contributed by atoms with E-state index in [-0.39, 0.29) is 5.76 Å². The number of amides is 1. The van der Waals surface area contributed by atoms with Crippen LogP contribution in [0.5, 0.6) is 5.75 Å². The van der Waals surface area contributed by atoms with Crippen LogP contribution in [0.15, 0.2) is 34.7 Å². The first-order chi connectivity index (χ1) is 10.0. The van der Waals surface area contributed by atoms with E-state index in [4.69, 9.17) is 15.0 Å². The third kappa shape index (κ3) is 3.44. The van der Waals surface area contributed by atoms with Gasteiger partial charge in [0.05, 0.1) is 0 Å². The molecule has 112 valence electrons. The molecule has 0 aliphatic carbocycles. The van der Waals surface area contributed by atoms with Crippen molar-refractivity contribution in [3.8, 4) is 5.75 Å². The van der Waals surface area contributed by atoms with Gasteiger partial charge in [-0.1, -0.05) is 32.0 Å². The number of hydrogen-bond donors (Lipinski definition) is 2. The summed E-state index contributed by atoms with van der Waals surface area (Å²) in [6.07, 6.45) is 0. The van der Waals surface area contributed by atoms with Gasteiger partial charge in [-0.25, -0.2) is 5.84 Å². The SMILES string of the molecule is Cc1oc(C(=O)NN)cc1COc1ccccc1C(C)C. The van der Waals surface area contributed by atoms with Crippen LogP contribution in [0.3, 0.4) is 0 Å². The molecule has 1 heterocycles. The Bertz CT molecular complexity index is 632. The van der Waals surface area contributed by atoms with Gasteiger partial charge in [0, 0.05) is 5.56 Å². The molecule has 3 N–H and O–H groups in total. The first-order valence-electron chi connectivity index (χ1n) is 6.85. The number of nitrogens with one attached hydrogen (secondary N) is 1. The zero-order chi connectivity index (χ0) is 15.4. The number of ether oxygens (including phenoxy) is 1. The van der Waals surface area contributed by atoms with Gasteiger partial charge in [0.15, 0.2) is 5.76 Å². The molecule has 0 saturated carbocycles. The van der Waals surface area contributed by atoms with Crippen molar-refractivity contribution in [3.05, 3.63) is 53.0 Å². The summed E-state index contributed by atoms with van der Waals surface area (Å²) in [5, 5.41) is 0. The fourth-order valence-corrected chi connectivity index (χ4v) is 2.09. The first kappa shape index (κ1) is 15.1. The van der Waals surface area contributed by atoms with E-state index in [0.29, 0.717) is 18.3 Å². The average molecular weight is 288 g/mol. The Morgan fingerprint density at radius 2 is 2.10 bits per heavy atom. The molecule has 1 aromatic carbocycles. The summed E-state index contributed by atoms with van der Waals surface area (Å²) in [7, 11) is 0. The summed E-state index contributed by atoms with van der Waals surface area (Å²) in [6, 6.07) is 9.58. The molecule has 5 heteroatoms. The molecule has 0 aliphatic heterocycles. The Morgan fingerprint density at radius 3 is 2.76 bits per heavy atom. The molecular formula is C16H20N2O3. The van der Waals surface area contributed by atoms with Crippen molar-refractivity contribution in [1.29, 1.82) is 0 Å². The Hall–Kier alpha value is -2.27. The second-order valence-electron chi connectivity index (χ2n) is 5.15. The van der Waals surface area contributed by atoms with E-state index in [9.17, 15) is 4.79 Å². The van der Waals surface area contributed by atoms with E-state index in [0.717, 1.165) is 16.9 Å². The molecule has 2 aromatic rings. The maximum absolute atomic E-state index is 11.4. The zero-order valence-corrected chi connectivity index (χ0v) is 12.5. The second kappa shape index (κ2) is 6.45. The minimum Gasteiger partial charge on any atom is -0.488 e. The fraction of sp³-hybridized carbons (Fsp3) is 0.312. The number of nitrogens with two attached hydrogens (primary N) is 1. The van der Waals surface area contributed by atoms with Crippen LogP contribution in [-0.4, -0.2) is 5.91 Å². The van der Waals surface area contributed by atoms with Gasteiger partial charge in [-0.3, -0.25) is 10.2 Å². The topological polar surface area (TPSA) is 77.5 Å². The molecule has 2 rings (SSSR count).